The van der Waals surface area contributed by atoms with Crippen LogP contribution in [0.5, 0.6) is 17.2 Å². The van der Waals surface area contributed by atoms with E-state index < -0.39 is 40.4 Å². The first-order chi connectivity index (χ1) is 33.8. The number of carbonyl (C=O) groups is 1. The molecule has 362 valence electrons. The highest BCUT2D eigenvalue weighted by Gasteiger charge is 2.31. The van der Waals surface area contributed by atoms with Crippen LogP contribution in [-0.4, -0.2) is 115 Å². The lowest BCUT2D eigenvalue weighted by Crippen LogP contribution is -2.36. The summed E-state index contributed by atoms with van der Waals surface area (Å²) in [4.78, 5) is 43.6. The minimum absolute atomic E-state index is 0.0732. The molecule has 70 heavy (non-hydrogen) atoms. The number of nitrogens with one attached hydrogen (secondary N) is 4. The van der Waals surface area contributed by atoms with Crippen LogP contribution < -0.4 is 30.2 Å². The van der Waals surface area contributed by atoms with E-state index in [9.17, 15) is 22.4 Å². The van der Waals surface area contributed by atoms with E-state index in [1.807, 2.05) is 49.6 Å². The fourth-order valence-corrected chi connectivity index (χ4v) is 7.43. The van der Waals surface area contributed by atoms with Gasteiger partial charge in [-0.1, -0.05) is 36.1 Å². The number of carbonyl (C=O) groups excluding carboxylic acids is 1. The molecule has 2 saturated heterocycles. The molecule has 4 aromatic heterocycles. The van der Waals surface area contributed by atoms with Crippen LogP contribution >= 0.6 is 0 Å². The van der Waals surface area contributed by atoms with Crippen molar-refractivity contribution >= 4 is 40.1 Å². The maximum Gasteiger partial charge on any atom is 0.410 e. The number of methoxy groups -OCH3 is 1. The molecule has 0 aliphatic carbocycles. The SMILES string of the molecule is COc1ccc(Cn2c(C#CCOc3c(F)cccc3F)nc3c(N[C@@H]4CCN(C(=O)OC(C)(C)C)C4)ncnc32)cc1.Fc1cccc(F)c1OCC#Cc1nc2ncnc(N[C@@H]3CCNC3)c2[nH]1. The van der Waals surface area contributed by atoms with Crippen molar-refractivity contribution in [2.75, 3.05) is 57.1 Å². The summed E-state index contributed by atoms with van der Waals surface area (Å²) >= 11 is 0. The molecule has 6 heterocycles. The first kappa shape index (κ1) is 48.3. The number of halogens is 4. The summed E-state index contributed by atoms with van der Waals surface area (Å²) in [6.45, 7) is 8.28. The molecule has 2 aliphatic rings. The maximum atomic E-state index is 14.0. The Morgan fingerprint density at radius 1 is 0.800 bits per heavy atom. The van der Waals surface area contributed by atoms with Gasteiger partial charge in [0.25, 0.3) is 0 Å². The molecule has 9 rings (SSSR count). The monoisotopic (exact) mass is 960 g/mol. The normalized spacial score (nSPS) is 15.3. The molecule has 4 N–H and O–H groups in total. The summed E-state index contributed by atoms with van der Waals surface area (Å²) in [5, 5.41) is 10.0. The Kier molecular flexibility index (Phi) is 15.1. The Bertz CT molecular complexity index is 3060. The van der Waals surface area contributed by atoms with Crippen LogP contribution in [0.4, 0.5) is 34.0 Å². The number of aromatic nitrogens is 8. The van der Waals surface area contributed by atoms with Gasteiger partial charge >= 0.3 is 6.09 Å². The summed E-state index contributed by atoms with van der Waals surface area (Å²) in [5.41, 5.74) is 2.56. The molecule has 0 saturated carbocycles. The van der Waals surface area contributed by atoms with E-state index in [1.54, 1.807) is 12.0 Å². The van der Waals surface area contributed by atoms with Crippen LogP contribution in [0.25, 0.3) is 22.3 Å². The van der Waals surface area contributed by atoms with Crippen molar-refractivity contribution in [3.63, 3.8) is 0 Å². The quantitative estimate of drug-likeness (QED) is 0.0778. The number of para-hydroxylation sites is 2. The molecule has 2 atom stereocenters. The van der Waals surface area contributed by atoms with Gasteiger partial charge in [0, 0.05) is 31.7 Å². The Hall–Kier alpha value is -8.17. The largest absolute Gasteiger partial charge is 0.497 e. The topological polar surface area (TPSA) is 191 Å². The van der Waals surface area contributed by atoms with Crippen molar-refractivity contribution in [1.82, 2.24) is 49.7 Å². The molecule has 7 aromatic rings. The predicted molar refractivity (Wildman–Crippen MR) is 251 cm³/mol. The zero-order chi connectivity index (χ0) is 49.2. The van der Waals surface area contributed by atoms with Crippen molar-refractivity contribution in [2.24, 2.45) is 0 Å². The van der Waals surface area contributed by atoms with Gasteiger partial charge in [-0.2, -0.15) is 0 Å². The molecule has 1 amide bonds. The van der Waals surface area contributed by atoms with Crippen molar-refractivity contribution in [2.45, 2.75) is 57.8 Å². The number of hydrogen-bond donors (Lipinski definition) is 4. The summed E-state index contributed by atoms with van der Waals surface area (Å²) in [5.74, 6) is 9.76. The molecular formula is C49H48F4N12O5. The van der Waals surface area contributed by atoms with Crippen LogP contribution in [0.1, 0.15) is 50.8 Å². The number of likely N-dealkylation sites (tertiary alicyclic amines) is 1. The van der Waals surface area contributed by atoms with Crippen LogP contribution in [0.2, 0.25) is 0 Å². The molecule has 2 aliphatic heterocycles. The number of anilines is 2. The van der Waals surface area contributed by atoms with Gasteiger partial charge < -0.3 is 44.8 Å². The molecule has 2 fully saturated rings. The highest BCUT2D eigenvalue weighted by molar-refractivity contribution is 5.84. The lowest BCUT2D eigenvalue weighted by atomic mass is 10.2. The van der Waals surface area contributed by atoms with Crippen LogP contribution in [-0.2, 0) is 11.3 Å². The second-order valence-electron chi connectivity index (χ2n) is 16.9. The molecule has 0 spiro atoms. The molecule has 21 heteroatoms. The van der Waals surface area contributed by atoms with Crippen molar-refractivity contribution in [1.29, 1.82) is 0 Å². The molecule has 3 aromatic carbocycles. The maximum absolute atomic E-state index is 14.0. The minimum atomic E-state index is -0.809. The van der Waals surface area contributed by atoms with Crippen LogP contribution in [0, 0.1) is 47.0 Å². The number of hydrogen-bond acceptors (Lipinski definition) is 14. The number of fused-ring (bicyclic) bond motifs is 2. The Morgan fingerprint density at radius 2 is 1.44 bits per heavy atom. The second kappa shape index (κ2) is 21.8. The lowest BCUT2D eigenvalue weighted by Gasteiger charge is -2.24. The van der Waals surface area contributed by atoms with Gasteiger partial charge in [-0.3, -0.25) is 4.57 Å². The summed E-state index contributed by atoms with van der Waals surface area (Å²) in [6, 6.07) is 14.8. The fraction of sp³-hybridized carbons (Fsp3) is 0.327. The fourth-order valence-electron chi connectivity index (χ4n) is 7.43. The minimum Gasteiger partial charge on any atom is -0.497 e. The van der Waals surface area contributed by atoms with E-state index in [1.165, 1.54) is 24.8 Å². The molecule has 0 radical (unpaired) electrons. The summed E-state index contributed by atoms with van der Waals surface area (Å²) in [6.07, 6.45) is 4.24. The van der Waals surface area contributed by atoms with E-state index in [0.29, 0.717) is 77.7 Å². The Morgan fingerprint density at radius 3 is 2.09 bits per heavy atom. The second-order valence-corrected chi connectivity index (χ2v) is 16.9. The third-order valence-electron chi connectivity index (χ3n) is 10.7. The average molecular weight is 961 g/mol. The van der Waals surface area contributed by atoms with Gasteiger partial charge in [0.2, 0.25) is 0 Å². The number of nitrogens with zero attached hydrogens (tertiary/aromatic N) is 8. The van der Waals surface area contributed by atoms with Crippen molar-refractivity contribution < 1.29 is 41.3 Å². The molecular weight excluding hydrogens is 913 g/mol. The predicted octanol–water partition coefficient (Wildman–Crippen LogP) is 6.85. The first-order valence-electron chi connectivity index (χ1n) is 22.2. The Balaban J connectivity index is 0.000000209. The number of rotatable bonds is 11. The molecule has 0 bridgehead atoms. The highest BCUT2D eigenvalue weighted by Crippen LogP contribution is 2.26. The third kappa shape index (κ3) is 12.1. The zero-order valence-corrected chi connectivity index (χ0v) is 38.6. The average Bonchev–Trinajstić information content (AvgIpc) is 4.17. The lowest BCUT2D eigenvalue weighted by molar-refractivity contribution is 0.0293. The number of ether oxygens (including phenoxy) is 4. The number of imidazole rings is 2. The van der Waals surface area contributed by atoms with Crippen molar-refractivity contribution in [3.8, 4) is 40.9 Å². The van der Waals surface area contributed by atoms with Gasteiger partial charge in [-0.05, 0) is 94.0 Å². The zero-order valence-electron chi connectivity index (χ0n) is 38.6. The first-order valence-corrected chi connectivity index (χ1v) is 22.2. The highest BCUT2D eigenvalue weighted by atomic mass is 19.1. The number of benzene rings is 3. The van der Waals surface area contributed by atoms with Gasteiger partial charge in [0.05, 0.1) is 13.7 Å². The van der Waals surface area contributed by atoms with E-state index >= 15 is 0 Å². The molecule has 0 unspecified atom stereocenters. The Labute approximate surface area is 399 Å². The van der Waals surface area contributed by atoms with Crippen LogP contribution in [0.3, 0.4) is 0 Å². The standard InChI is InChI=1S/C31H32F2N6O4.C18H16F2N6O/c1-31(2,3)43-30(40)38-15-14-21(18-38)36-28-26-29(35-19-34-28)39(17-20-10-12-22(41-4)13-11-20)25(37-26)9-6-16-42-27-23(32)7-5-8-24(27)33;19-12-3-1-4-13(20)16(12)27-8-2-5-14-25-15-17(22-10-23-18(15)26-14)24-11-6-7-21-9-11/h5,7-8,10-13,19,21H,14-18H2,1-4H3,(H,34,35,36);1,3-4,10-11,21H,6-9H2,(H2,22,23,24,25,26)/t21-;11-/m11/s1. The van der Waals surface area contributed by atoms with Crippen molar-refractivity contribution in [3.05, 3.63) is 114 Å². The third-order valence-corrected chi connectivity index (χ3v) is 10.7. The summed E-state index contributed by atoms with van der Waals surface area (Å²) in [7, 11) is 1.60. The van der Waals surface area contributed by atoms with E-state index in [-0.39, 0.29) is 25.3 Å². The summed E-state index contributed by atoms with van der Waals surface area (Å²) < 4.78 is 77.9. The van der Waals surface area contributed by atoms with E-state index in [4.69, 9.17) is 23.9 Å². The van der Waals surface area contributed by atoms with Gasteiger partial charge in [-0.25, -0.2) is 52.3 Å². The van der Waals surface area contributed by atoms with Gasteiger partial charge in [0.15, 0.2) is 74.9 Å². The van der Waals surface area contributed by atoms with Crippen LogP contribution in [0.15, 0.2) is 73.3 Å². The van der Waals surface area contributed by atoms with E-state index in [0.717, 1.165) is 55.1 Å². The molecule has 17 nitrogen and oxygen atoms in total. The van der Waals surface area contributed by atoms with Gasteiger partial charge in [0.1, 0.15) is 42.7 Å². The number of aromatic amines is 1. The van der Waals surface area contributed by atoms with Gasteiger partial charge in [-0.15, -0.1) is 0 Å². The number of H-pyrrole nitrogens is 1. The smallest absolute Gasteiger partial charge is 0.410 e. The van der Waals surface area contributed by atoms with E-state index in [2.05, 4.69) is 69.5 Å². The number of amides is 1.